The van der Waals surface area contributed by atoms with Gasteiger partial charge in [-0.25, -0.2) is 9.97 Å². The molecule has 0 fully saturated rings. The van der Waals surface area contributed by atoms with Gasteiger partial charge in [0, 0.05) is 18.3 Å². The maximum atomic E-state index is 4.68. The highest BCUT2D eigenvalue weighted by Gasteiger charge is 2.14. The van der Waals surface area contributed by atoms with E-state index in [9.17, 15) is 0 Å². The van der Waals surface area contributed by atoms with Crippen molar-refractivity contribution in [2.45, 2.75) is 52.7 Å². The molecule has 98 valence electrons. The standard InChI is InChI=1S/C14H22N4/c1-5-11(4)16-9-13-17-12-7-6-8-15-14(12)18(13)10(2)3/h6-8,10-11,16H,5,9H2,1-4H3. The highest BCUT2D eigenvalue weighted by atomic mass is 15.2. The van der Waals surface area contributed by atoms with Crippen molar-refractivity contribution in [2.75, 3.05) is 0 Å². The van der Waals surface area contributed by atoms with Gasteiger partial charge in [-0.05, 0) is 39.3 Å². The van der Waals surface area contributed by atoms with E-state index in [0.717, 1.165) is 30.0 Å². The number of hydrogen-bond acceptors (Lipinski definition) is 3. The Morgan fingerprint density at radius 1 is 1.33 bits per heavy atom. The van der Waals surface area contributed by atoms with E-state index in [0.29, 0.717) is 12.1 Å². The summed E-state index contributed by atoms with van der Waals surface area (Å²) in [5.41, 5.74) is 1.96. The fourth-order valence-electron chi connectivity index (χ4n) is 2.05. The first-order valence-electron chi connectivity index (χ1n) is 6.68. The zero-order valence-electron chi connectivity index (χ0n) is 11.6. The van der Waals surface area contributed by atoms with Crippen LogP contribution in [0.2, 0.25) is 0 Å². The number of nitrogens with one attached hydrogen (secondary N) is 1. The van der Waals surface area contributed by atoms with Crippen molar-refractivity contribution in [1.82, 2.24) is 19.9 Å². The summed E-state index contributed by atoms with van der Waals surface area (Å²) in [6.07, 6.45) is 2.95. The maximum absolute atomic E-state index is 4.68. The van der Waals surface area contributed by atoms with E-state index in [2.05, 4.69) is 47.5 Å². The Balaban J connectivity index is 2.34. The quantitative estimate of drug-likeness (QED) is 0.882. The van der Waals surface area contributed by atoms with Gasteiger partial charge < -0.3 is 9.88 Å². The molecular formula is C14H22N4. The smallest absolute Gasteiger partial charge is 0.160 e. The van der Waals surface area contributed by atoms with Gasteiger partial charge in [0.15, 0.2) is 5.65 Å². The van der Waals surface area contributed by atoms with Gasteiger partial charge in [0.25, 0.3) is 0 Å². The van der Waals surface area contributed by atoms with Crippen LogP contribution in [-0.2, 0) is 6.54 Å². The van der Waals surface area contributed by atoms with Crippen LogP contribution in [0.5, 0.6) is 0 Å². The second kappa shape index (κ2) is 5.48. The van der Waals surface area contributed by atoms with Crippen LogP contribution in [0.1, 0.15) is 46.0 Å². The van der Waals surface area contributed by atoms with Gasteiger partial charge in [-0.2, -0.15) is 0 Å². The van der Waals surface area contributed by atoms with E-state index >= 15 is 0 Å². The summed E-state index contributed by atoms with van der Waals surface area (Å²) in [5.74, 6) is 1.07. The van der Waals surface area contributed by atoms with Gasteiger partial charge in [0.1, 0.15) is 11.3 Å². The van der Waals surface area contributed by atoms with E-state index in [1.54, 1.807) is 0 Å². The first kappa shape index (κ1) is 13.0. The average Bonchev–Trinajstić information content (AvgIpc) is 2.74. The van der Waals surface area contributed by atoms with E-state index in [4.69, 9.17) is 0 Å². The first-order chi connectivity index (χ1) is 8.63. The summed E-state index contributed by atoms with van der Waals surface area (Å²) in [5, 5.41) is 3.49. The topological polar surface area (TPSA) is 42.7 Å². The molecule has 4 nitrogen and oxygen atoms in total. The Labute approximate surface area is 108 Å². The third-order valence-corrected chi connectivity index (χ3v) is 3.26. The fraction of sp³-hybridized carbons (Fsp3) is 0.571. The third kappa shape index (κ3) is 2.53. The summed E-state index contributed by atoms with van der Waals surface area (Å²) in [6.45, 7) is 9.51. The van der Waals surface area contributed by atoms with Crippen LogP contribution in [-0.4, -0.2) is 20.6 Å². The largest absolute Gasteiger partial charge is 0.309 e. The van der Waals surface area contributed by atoms with Crippen LogP contribution in [0, 0.1) is 0 Å². The third-order valence-electron chi connectivity index (χ3n) is 3.26. The maximum Gasteiger partial charge on any atom is 0.160 e. The van der Waals surface area contributed by atoms with Gasteiger partial charge in [-0.1, -0.05) is 6.92 Å². The zero-order chi connectivity index (χ0) is 13.1. The molecular weight excluding hydrogens is 224 g/mol. The molecule has 0 radical (unpaired) electrons. The molecule has 0 aliphatic rings. The molecule has 0 aromatic carbocycles. The molecule has 1 unspecified atom stereocenters. The lowest BCUT2D eigenvalue weighted by atomic mass is 10.2. The summed E-state index contributed by atoms with van der Waals surface area (Å²) >= 11 is 0. The van der Waals surface area contributed by atoms with Crippen molar-refractivity contribution in [2.24, 2.45) is 0 Å². The Morgan fingerprint density at radius 3 is 2.78 bits per heavy atom. The lowest BCUT2D eigenvalue weighted by Crippen LogP contribution is -2.26. The van der Waals surface area contributed by atoms with Crippen molar-refractivity contribution < 1.29 is 0 Å². The summed E-state index contributed by atoms with van der Waals surface area (Å²) in [7, 11) is 0. The number of rotatable bonds is 5. The molecule has 0 bridgehead atoms. The van der Waals surface area contributed by atoms with Gasteiger partial charge in [0.2, 0.25) is 0 Å². The predicted octanol–water partition coefficient (Wildman–Crippen LogP) is 2.90. The molecule has 2 aromatic rings. The molecule has 0 spiro atoms. The Kier molecular flexibility index (Phi) is 3.97. The highest BCUT2D eigenvalue weighted by Crippen LogP contribution is 2.18. The van der Waals surface area contributed by atoms with Crippen LogP contribution in [0.25, 0.3) is 11.2 Å². The highest BCUT2D eigenvalue weighted by molar-refractivity contribution is 5.71. The van der Waals surface area contributed by atoms with Crippen LogP contribution in [0.15, 0.2) is 18.3 Å². The molecule has 2 aromatic heterocycles. The van der Waals surface area contributed by atoms with Gasteiger partial charge in [0.05, 0.1) is 6.54 Å². The van der Waals surface area contributed by atoms with Gasteiger partial charge in [-0.3, -0.25) is 0 Å². The molecule has 1 N–H and O–H groups in total. The van der Waals surface area contributed by atoms with Crippen molar-refractivity contribution in [3.8, 4) is 0 Å². The molecule has 0 saturated carbocycles. The number of hydrogen-bond donors (Lipinski definition) is 1. The first-order valence-corrected chi connectivity index (χ1v) is 6.68. The SMILES string of the molecule is CCC(C)NCc1nc2cccnc2n1C(C)C. The minimum absolute atomic E-state index is 0.374. The van der Waals surface area contributed by atoms with E-state index < -0.39 is 0 Å². The van der Waals surface area contributed by atoms with Crippen molar-refractivity contribution in [3.05, 3.63) is 24.2 Å². The molecule has 4 heteroatoms. The molecule has 1 atom stereocenters. The second-order valence-electron chi connectivity index (χ2n) is 5.03. The van der Waals surface area contributed by atoms with Crippen molar-refractivity contribution in [3.63, 3.8) is 0 Å². The molecule has 2 rings (SSSR count). The normalized spacial score (nSPS) is 13.4. The van der Waals surface area contributed by atoms with E-state index in [1.165, 1.54) is 0 Å². The van der Waals surface area contributed by atoms with Crippen LogP contribution < -0.4 is 5.32 Å². The van der Waals surface area contributed by atoms with Crippen LogP contribution in [0.4, 0.5) is 0 Å². The van der Waals surface area contributed by atoms with Gasteiger partial charge in [-0.15, -0.1) is 0 Å². The number of imidazole rings is 1. The molecule has 0 amide bonds. The number of nitrogens with zero attached hydrogens (tertiary/aromatic N) is 3. The fourth-order valence-corrected chi connectivity index (χ4v) is 2.05. The summed E-state index contributed by atoms with van der Waals surface area (Å²) in [6, 6.07) is 4.84. The van der Waals surface area contributed by atoms with E-state index in [1.807, 2.05) is 18.3 Å². The van der Waals surface area contributed by atoms with Crippen molar-refractivity contribution in [1.29, 1.82) is 0 Å². The molecule has 18 heavy (non-hydrogen) atoms. The molecule has 0 saturated heterocycles. The minimum atomic E-state index is 0.374. The second-order valence-corrected chi connectivity index (χ2v) is 5.03. The predicted molar refractivity (Wildman–Crippen MR) is 74.5 cm³/mol. The Bertz CT molecular complexity index is 515. The monoisotopic (exact) mass is 246 g/mol. The Morgan fingerprint density at radius 2 is 2.11 bits per heavy atom. The molecule has 2 heterocycles. The summed E-state index contributed by atoms with van der Waals surface area (Å²) in [4.78, 5) is 9.12. The van der Waals surface area contributed by atoms with Gasteiger partial charge >= 0.3 is 0 Å². The Hall–Kier alpha value is -1.42. The number of aromatic nitrogens is 3. The lowest BCUT2D eigenvalue weighted by Gasteiger charge is -2.15. The lowest BCUT2D eigenvalue weighted by molar-refractivity contribution is 0.495. The van der Waals surface area contributed by atoms with Crippen LogP contribution in [0.3, 0.4) is 0 Å². The number of fused-ring (bicyclic) bond motifs is 1. The molecule has 0 aliphatic heterocycles. The number of pyridine rings is 1. The molecule has 0 aliphatic carbocycles. The minimum Gasteiger partial charge on any atom is -0.309 e. The van der Waals surface area contributed by atoms with E-state index in [-0.39, 0.29) is 0 Å². The average molecular weight is 246 g/mol. The summed E-state index contributed by atoms with van der Waals surface area (Å²) < 4.78 is 2.21. The zero-order valence-corrected chi connectivity index (χ0v) is 11.6. The van der Waals surface area contributed by atoms with Crippen molar-refractivity contribution >= 4 is 11.2 Å². The van der Waals surface area contributed by atoms with Crippen LogP contribution >= 0.6 is 0 Å².